The van der Waals surface area contributed by atoms with E-state index in [0.29, 0.717) is 11.8 Å². The molecule has 0 spiro atoms. The van der Waals surface area contributed by atoms with Gasteiger partial charge in [-0.3, -0.25) is 0 Å². The Morgan fingerprint density at radius 2 is 1.64 bits per heavy atom. The highest BCUT2D eigenvalue weighted by Crippen LogP contribution is 2.49. The van der Waals surface area contributed by atoms with Gasteiger partial charge in [-0.25, -0.2) is 0 Å². The Morgan fingerprint density at radius 3 is 2.05 bits per heavy atom. The molecule has 1 unspecified atom stereocenters. The zero-order chi connectivity index (χ0) is 15.7. The number of para-hydroxylation sites is 1. The highest BCUT2D eigenvalue weighted by atomic mass is 31.1. The average molecular weight is 323 g/mol. The third-order valence-corrected chi connectivity index (χ3v) is 5.41. The molecule has 2 aliphatic carbocycles. The highest BCUT2D eigenvalue weighted by molar-refractivity contribution is 7.32. The Kier molecular flexibility index (Phi) is 4.82. The van der Waals surface area contributed by atoms with Crippen LogP contribution in [0.4, 0.5) is 0 Å². The van der Waals surface area contributed by atoms with Crippen molar-refractivity contribution < 1.29 is 18.7 Å². The molecule has 5 heteroatoms. The molecule has 1 aromatic carbocycles. The molecule has 4 nitrogen and oxygen atoms in total. The molecule has 2 fully saturated rings. The van der Waals surface area contributed by atoms with Crippen molar-refractivity contribution in [3.63, 3.8) is 0 Å². The van der Waals surface area contributed by atoms with E-state index in [1.54, 1.807) is 0 Å². The van der Waals surface area contributed by atoms with Crippen molar-refractivity contribution in [3.8, 4) is 5.75 Å². The van der Waals surface area contributed by atoms with Gasteiger partial charge in [-0.2, -0.15) is 0 Å². The molecule has 2 saturated carbocycles. The van der Waals surface area contributed by atoms with E-state index in [2.05, 4.69) is 32.0 Å². The predicted octanol–water partition coefficient (Wildman–Crippen LogP) is 4.72. The Balaban J connectivity index is 1.86. The van der Waals surface area contributed by atoms with Crippen molar-refractivity contribution in [2.75, 3.05) is 6.79 Å². The Bertz CT molecular complexity index is 515. The van der Waals surface area contributed by atoms with Crippen molar-refractivity contribution in [2.45, 2.75) is 51.4 Å². The largest absolute Gasteiger partial charge is 0.698 e. The summed E-state index contributed by atoms with van der Waals surface area (Å²) in [6.07, 6.45) is 5.12. The van der Waals surface area contributed by atoms with E-state index < -0.39 is 8.25 Å². The number of benzene rings is 1. The molecule has 22 heavy (non-hydrogen) atoms. The summed E-state index contributed by atoms with van der Waals surface area (Å²) in [6.45, 7) is 4.32. The predicted molar refractivity (Wildman–Crippen MR) is 85.1 cm³/mol. The standard InChI is InChI=1S/C17H23O4P/c1-11(13-6-7-13)15-4-3-5-16(12(2)14-8-9-14)17(15)20-10-21-22(18)19/h3-5,11-14H,6-10H2,1-2H3/p+1/t11-,12+. The first-order chi connectivity index (χ1) is 10.6. The van der Waals surface area contributed by atoms with Gasteiger partial charge < -0.3 is 4.74 Å². The van der Waals surface area contributed by atoms with Crippen LogP contribution in [0.15, 0.2) is 18.2 Å². The quantitative estimate of drug-likeness (QED) is 0.556. The molecule has 0 aromatic heterocycles. The van der Waals surface area contributed by atoms with Crippen LogP contribution in [0.3, 0.4) is 0 Å². The summed E-state index contributed by atoms with van der Waals surface area (Å²) in [4.78, 5) is 8.79. The lowest BCUT2D eigenvalue weighted by atomic mass is 9.88. The van der Waals surface area contributed by atoms with Gasteiger partial charge in [0.25, 0.3) is 0 Å². The van der Waals surface area contributed by atoms with Gasteiger partial charge in [0.05, 0.1) is 0 Å². The van der Waals surface area contributed by atoms with E-state index in [1.807, 2.05) is 0 Å². The number of ether oxygens (including phenoxy) is 1. The third-order valence-electron chi connectivity index (χ3n) is 5.08. The number of rotatable bonds is 8. The van der Waals surface area contributed by atoms with Crippen LogP contribution in [-0.4, -0.2) is 11.7 Å². The van der Waals surface area contributed by atoms with E-state index in [-0.39, 0.29) is 6.79 Å². The Hall–Kier alpha value is -0.960. The molecule has 3 atom stereocenters. The van der Waals surface area contributed by atoms with Gasteiger partial charge in [0.1, 0.15) is 5.75 Å². The van der Waals surface area contributed by atoms with Gasteiger partial charge in [0, 0.05) is 4.57 Å². The summed E-state index contributed by atoms with van der Waals surface area (Å²) in [6, 6.07) is 6.36. The fraction of sp³-hybridized carbons (Fsp3) is 0.647. The molecule has 0 aliphatic heterocycles. The zero-order valence-electron chi connectivity index (χ0n) is 13.2. The molecular formula is C17H24O4P+. The van der Waals surface area contributed by atoms with Crippen LogP contribution >= 0.6 is 8.25 Å². The third kappa shape index (κ3) is 3.68. The van der Waals surface area contributed by atoms with Crippen molar-refractivity contribution in [1.29, 1.82) is 0 Å². The minimum absolute atomic E-state index is 0.176. The van der Waals surface area contributed by atoms with E-state index in [4.69, 9.17) is 14.2 Å². The molecule has 120 valence electrons. The normalized spacial score (nSPS) is 21.3. The second-order valence-corrected chi connectivity index (χ2v) is 7.38. The van der Waals surface area contributed by atoms with Gasteiger partial charge in [-0.15, -0.1) is 4.89 Å². The van der Waals surface area contributed by atoms with Gasteiger partial charge >= 0.3 is 8.25 Å². The Morgan fingerprint density at radius 1 is 1.14 bits per heavy atom. The molecule has 0 bridgehead atoms. The summed E-state index contributed by atoms with van der Waals surface area (Å²) < 4.78 is 21.2. The van der Waals surface area contributed by atoms with E-state index >= 15 is 0 Å². The smallest absolute Gasteiger partial charge is 0.462 e. The van der Waals surface area contributed by atoms with Crippen molar-refractivity contribution >= 4 is 8.25 Å². The summed E-state index contributed by atoms with van der Waals surface area (Å²) >= 11 is 0. The number of hydrogen-bond donors (Lipinski definition) is 1. The molecule has 2 aliphatic rings. The Labute approximate surface area is 132 Å². The first-order valence-corrected chi connectivity index (χ1v) is 9.25. The van der Waals surface area contributed by atoms with Crippen LogP contribution < -0.4 is 4.74 Å². The van der Waals surface area contributed by atoms with Crippen LogP contribution in [0.2, 0.25) is 0 Å². The SMILES string of the molecule is C[C@H](c1cccc([C@H](C)C2CC2)c1OCO[P+](=O)O)C1CC1. The van der Waals surface area contributed by atoms with Crippen LogP contribution in [0.5, 0.6) is 5.75 Å². The highest BCUT2D eigenvalue weighted by Gasteiger charge is 2.35. The first-order valence-electron chi connectivity index (χ1n) is 8.12. The fourth-order valence-corrected chi connectivity index (χ4v) is 3.43. The second-order valence-electron chi connectivity index (χ2n) is 6.65. The van der Waals surface area contributed by atoms with Crippen molar-refractivity contribution in [2.24, 2.45) is 11.8 Å². The summed E-state index contributed by atoms with van der Waals surface area (Å²) in [5.41, 5.74) is 2.42. The molecule has 3 rings (SSSR count). The number of hydrogen-bond acceptors (Lipinski definition) is 3. The maximum absolute atomic E-state index is 10.7. The van der Waals surface area contributed by atoms with Gasteiger partial charge in [0.2, 0.25) is 6.79 Å². The zero-order valence-corrected chi connectivity index (χ0v) is 14.1. The fourth-order valence-electron chi connectivity index (χ4n) is 3.29. The van der Waals surface area contributed by atoms with Gasteiger partial charge in [0.15, 0.2) is 0 Å². The molecule has 0 amide bonds. The first kappa shape index (κ1) is 15.9. The molecule has 0 saturated heterocycles. The van der Waals surface area contributed by atoms with Crippen LogP contribution in [-0.2, 0) is 9.09 Å². The maximum Gasteiger partial charge on any atom is 0.698 e. The lowest BCUT2D eigenvalue weighted by molar-refractivity contribution is 0.112. The molecular weight excluding hydrogens is 299 g/mol. The lowest BCUT2D eigenvalue weighted by Crippen LogP contribution is -2.09. The van der Waals surface area contributed by atoms with E-state index in [9.17, 15) is 4.57 Å². The van der Waals surface area contributed by atoms with Crippen molar-refractivity contribution in [3.05, 3.63) is 29.3 Å². The molecule has 0 heterocycles. The van der Waals surface area contributed by atoms with Crippen LogP contribution in [0.25, 0.3) is 0 Å². The second kappa shape index (κ2) is 6.66. The molecule has 1 aromatic rings. The summed E-state index contributed by atoms with van der Waals surface area (Å²) in [7, 11) is -2.62. The van der Waals surface area contributed by atoms with Gasteiger partial charge in [-0.1, -0.05) is 36.6 Å². The summed E-state index contributed by atoms with van der Waals surface area (Å²) in [5.74, 6) is 3.28. The maximum atomic E-state index is 10.7. The van der Waals surface area contributed by atoms with Gasteiger partial charge in [-0.05, 0) is 60.5 Å². The molecule has 1 N–H and O–H groups in total. The topological polar surface area (TPSA) is 55.8 Å². The molecule has 0 radical (unpaired) electrons. The lowest BCUT2D eigenvalue weighted by Gasteiger charge is -2.22. The minimum atomic E-state index is -2.62. The average Bonchev–Trinajstić information content (AvgIpc) is 3.38. The minimum Gasteiger partial charge on any atom is -0.462 e. The van der Waals surface area contributed by atoms with E-state index in [0.717, 1.165) is 17.6 Å². The van der Waals surface area contributed by atoms with E-state index in [1.165, 1.54) is 36.8 Å². The monoisotopic (exact) mass is 323 g/mol. The summed E-state index contributed by atoms with van der Waals surface area (Å²) in [5, 5.41) is 0. The van der Waals surface area contributed by atoms with Crippen molar-refractivity contribution in [1.82, 2.24) is 0 Å². The van der Waals surface area contributed by atoms with Crippen LogP contribution in [0, 0.1) is 11.8 Å². The van der Waals surface area contributed by atoms with Crippen LogP contribution in [0.1, 0.15) is 62.5 Å².